The molecule has 0 radical (unpaired) electrons. The highest BCUT2D eigenvalue weighted by Gasteiger charge is 2.24. The van der Waals surface area contributed by atoms with Crippen molar-refractivity contribution in [2.24, 2.45) is 0 Å². The van der Waals surface area contributed by atoms with Crippen molar-refractivity contribution in [1.29, 1.82) is 0 Å². The summed E-state index contributed by atoms with van der Waals surface area (Å²) in [6.45, 7) is 11.0. The van der Waals surface area contributed by atoms with Crippen LogP contribution >= 0.6 is 0 Å². The van der Waals surface area contributed by atoms with Gasteiger partial charge >= 0.3 is 6.03 Å². The van der Waals surface area contributed by atoms with Gasteiger partial charge in [0, 0.05) is 49.9 Å². The van der Waals surface area contributed by atoms with Gasteiger partial charge in [-0.05, 0) is 62.0 Å². The summed E-state index contributed by atoms with van der Waals surface area (Å²) in [6.07, 6.45) is 6.54. The monoisotopic (exact) mass is 546 g/mol. The summed E-state index contributed by atoms with van der Waals surface area (Å²) in [7, 11) is 1.67. The van der Waals surface area contributed by atoms with Gasteiger partial charge in [-0.1, -0.05) is 32.4 Å². The van der Waals surface area contributed by atoms with Crippen LogP contribution in [-0.2, 0) is 0 Å². The third kappa shape index (κ3) is 6.75. The predicted octanol–water partition coefficient (Wildman–Crippen LogP) is 5.37. The molecule has 2 aromatic carbocycles. The molecule has 1 N–H and O–H groups in total. The first kappa shape index (κ1) is 28.0. The maximum atomic E-state index is 12.9. The normalized spacial score (nSPS) is 16.4. The zero-order valence-electron chi connectivity index (χ0n) is 24.1. The number of hydrogen-bond donors (Lipinski definition) is 1. The molecule has 5 rings (SSSR count). The second-order valence-corrected chi connectivity index (χ2v) is 11.0. The average molecular weight is 547 g/mol. The number of piperazine rings is 1. The van der Waals surface area contributed by atoms with Crippen LogP contribution < -0.4 is 19.7 Å². The number of nitrogens with one attached hydrogen (secondary N) is 1. The number of piperidine rings is 1. The molecule has 1 aromatic heterocycles. The molecule has 2 aliphatic heterocycles. The van der Waals surface area contributed by atoms with E-state index in [9.17, 15) is 4.79 Å². The van der Waals surface area contributed by atoms with Crippen LogP contribution in [0, 0.1) is 0 Å². The number of aromatic nitrogens is 2. The quantitative estimate of drug-likeness (QED) is 0.361. The Morgan fingerprint density at radius 3 is 2.40 bits per heavy atom. The van der Waals surface area contributed by atoms with E-state index >= 15 is 0 Å². The molecule has 9 heteroatoms. The summed E-state index contributed by atoms with van der Waals surface area (Å²) in [5.74, 6) is 2.71. The third-order valence-electron chi connectivity index (χ3n) is 7.92. The molecule has 0 unspecified atom stereocenters. The number of benzene rings is 2. The van der Waals surface area contributed by atoms with E-state index in [1.807, 2.05) is 29.2 Å². The Balaban J connectivity index is 1.19. The Morgan fingerprint density at radius 2 is 1.70 bits per heavy atom. The lowest BCUT2D eigenvalue weighted by atomic mass is 10.0. The van der Waals surface area contributed by atoms with Crippen molar-refractivity contribution in [1.82, 2.24) is 19.8 Å². The predicted molar refractivity (Wildman–Crippen MR) is 160 cm³/mol. The van der Waals surface area contributed by atoms with Crippen molar-refractivity contribution in [2.45, 2.75) is 45.4 Å². The number of hydrogen-bond acceptors (Lipinski definition) is 7. The molecule has 2 aliphatic rings. The van der Waals surface area contributed by atoms with E-state index in [0.717, 1.165) is 35.4 Å². The standard InChI is InChI=1S/C31H42N6O3/c1-23(2)24-8-10-25(11-9-24)34-31(38)37-17-15-36(16-18-37)30-26-20-28(39-3)29(21-27(26)32-22-33-30)40-19-7-14-35-12-5-4-6-13-35/h8-11,20-23H,4-7,12-19H2,1-3H3,(H,34,38). The van der Waals surface area contributed by atoms with Gasteiger partial charge < -0.3 is 29.5 Å². The fourth-order valence-corrected chi connectivity index (χ4v) is 5.50. The Hall–Kier alpha value is -3.59. The van der Waals surface area contributed by atoms with E-state index in [4.69, 9.17) is 9.47 Å². The van der Waals surface area contributed by atoms with Crippen LogP contribution in [0.3, 0.4) is 0 Å². The minimum atomic E-state index is -0.0757. The molecule has 0 spiro atoms. The molecule has 2 fully saturated rings. The van der Waals surface area contributed by atoms with Gasteiger partial charge in [0.2, 0.25) is 0 Å². The van der Waals surface area contributed by atoms with Crippen LogP contribution in [0.25, 0.3) is 10.9 Å². The number of ether oxygens (including phenoxy) is 2. The number of likely N-dealkylation sites (tertiary alicyclic amines) is 1. The van der Waals surface area contributed by atoms with Crippen LogP contribution in [0.5, 0.6) is 11.5 Å². The highest BCUT2D eigenvalue weighted by Crippen LogP contribution is 2.35. The minimum Gasteiger partial charge on any atom is -0.493 e. The number of amides is 2. The largest absolute Gasteiger partial charge is 0.493 e. The lowest BCUT2D eigenvalue weighted by molar-refractivity contribution is 0.203. The van der Waals surface area contributed by atoms with Crippen LogP contribution in [-0.4, -0.2) is 85.3 Å². The summed E-state index contributed by atoms with van der Waals surface area (Å²) in [5.41, 5.74) is 2.89. The lowest BCUT2D eigenvalue weighted by Crippen LogP contribution is -2.50. The zero-order chi connectivity index (χ0) is 27.9. The van der Waals surface area contributed by atoms with Crippen LogP contribution in [0.4, 0.5) is 16.3 Å². The van der Waals surface area contributed by atoms with Crippen molar-refractivity contribution in [3.63, 3.8) is 0 Å². The molecule has 0 aliphatic carbocycles. The van der Waals surface area contributed by atoms with Crippen molar-refractivity contribution < 1.29 is 14.3 Å². The molecule has 0 saturated carbocycles. The molecule has 3 aromatic rings. The molecule has 3 heterocycles. The van der Waals surface area contributed by atoms with Crippen LogP contribution in [0.1, 0.15) is 51.0 Å². The molecular formula is C31H42N6O3. The first-order chi connectivity index (χ1) is 19.5. The van der Waals surface area contributed by atoms with Gasteiger partial charge in [0.1, 0.15) is 12.1 Å². The Kier molecular flexibility index (Phi) is 9.21. The highest BCUT2D eigenvalue weighted by atomic mass is 16.5. The summed E-state index contributed by atoms with van der Waals surface area (Å²) in [4.78, 5) is 28.6. The Bertz CT molecular complexity index is 1270. The number of fused-ring (bicyclic) bond motifs is 1. The van der Waals surface area contributed by atoms with Crippen LogP contribution in [0.2, 0.25) is 0 Å². The maximum absolute atomic E-state index is 12.9. The minimum absolute atomic E-state index is 0.0757. The second-order valence-electron chi connectivity index (χ2n) is 11.0. The topological polar surface area (TPSA) is 83.1 Å². The number of nitrogens with zero attached hydrogens (tertiary/aromatic N) is 5. The number of rotatable bonds is 9. The first-order valence-electron chi connectivity index (χ1n) is 14.6. The fraction of sp³-hybridized carbons (Fsp3) is 0.516. The molecule has 9 nitrogen and oxygen atoms in total. The molecule has 0 atom stereocenters. The van der Waals surface area contributed by atoms with Gasteiger partial charge in [-0.25, -0.2) is 14.8 Å². The van der Waals surface area contributed by atoms with E-state index in [-0.39, 0.29) is 6.03 Å². The average Bonchev–Trinajstić information content (AvgIpc) is 2.99. The van der Waals surface area contributed by atoms with Crippen LogP contribution in [0.15, 0.2) is 42.7 Å². The number of carbonyl (C=O) groups is 1. The van der Waals surface area contributed by atoms with E-state index in [1.54, 1.807) is 13.4 Å². The molecule has 2 amide bonds. The number of methoxy groups -OCH3 is 1. The fourth-order valence-electron chi connectivity index (χ4n) is 5.50. The summed E-state index contributed by atoms with van der Waals surface area (Å²) in [5, 5.41) is 3.95. The van der Waals surface area contributed by atoms with Gasteiger partial charge in [0.05, 0.1) is 19.2 Å². The maximum Gasteiger partial charge on any atom is 0.321 e. The SMILES string of the molecule is COc1cc2c(N3CCN(C(=O)Nc4ccc(C(C)C)cc4)CC3)ncnc2cc1OCCCN1CCCCC1. The van der Waals surface area contributed by atoms with Crippen molar-refractivity contribution in [3.05, 3.63) is 48.3 Å². The molecule has 0 bridgehead atoms. The lowest BCUT2D eigenvalue weighted by Gasteiger charge is -2.35. The number of anilines is 2. The number of carbonyl (C=O) groups excluding carboxylic acids is 1. The van der Waals surface area contributed by atoms with Crippen molar-refractivity contribution in [2.75, 3.05) is 69.7 Å². The Morgan fingerprint density at radius 1 is 0.950 bits per heavy atom. The second kappa shape index (κ2) is 13.2. The molecule has 214 valence electrons. The van der Waals surface area contributed by atoms with Crippen molar-refractivity contribution in [3.8, 4) is 11.5 Å². The van der Waals surface area contributed by atoms with Gasteiger partial charge in [0.15, 0.2) is 11.5 Å². The molecule has 2 saturated heterocycles. The highest BCUT2D eigenvalue weighted by molar-refractivity contribution is 5.92. The van der Waals surface area contributed by atoms with E-state index in [0.29, 0.717) is 50.2 Å². The third-order valence-corrected chi connectivity index (χ3v) is 7.92. The van der Waals surface area contributed by atoms with Gasteiger partial charge in [-0.3, -0.25) is 0 Å². The van der Waals surface area contributed by atoms with E-state index in [1.165, 1.54) is 37.9 Å². The van der Waals surface area contributed by atoms with Crippen molar-refractivity contribution >= 4 is 28.4 Å². The Labute approximate surface area is 237 Å². The first-order valence-corrected chi connectivity index (χ1v) is 14.6. The summed E-state index contributed by atoms with van der Waals surface area (Å²) >= 11 is 0. The van der Waals surface area contributed by atoms with Gasteiger partial charge in [-0.2, -0.15) is 0 Å². The van der Waals surface area contributed by atoms with E-state index < -0.39 is 0 Å². The number of urea groups is 1. The molecule has 40 heavy (non-hydrogen) atoms. The van der Waals surface area contributed by atoms with Gasteiger partial charge in [-0.15, -0.1) is 0 Å². The molecular weight excluding hydrogens is 504 g/mol. The smallest absolute Gasteiger partial charge is 0.321 e. The summed E-state index contributed by atoms with van der Waals surface area (Å²) < 4.78 is 11.8. The van der Waals surface area contributed by atoms with Gasteiger partial charge in [0.25, 0.3) is 0 Å². The zero-order valence-corrected chi connectivity index (χ0v) is 24.1. The summed E-state index contributed by atoms with van der Waals surface area (Å²) in [6, 6.07) is 11.9. The van der Waals surface area contributed by atoms with E-state index in [2.05, 4.69) is 51.1 Å².